The molecule has 22 heavy (non-hydrogen) atoms. The molecule has 0 aliphatic heterocycles. The van der Waals surface area contributed by atoms with Crippen molar-refractivity contribution in [3.8, 4) is 17.6 Å². The highest BCUT2D eigenvalue weighted by Gasteiger charge is 2.10. The molecule has 0 heterocycles. The lowest BCUT2D eigenvalue weighted by atomic mass is 10.1. The summed E-state index contributed by atoms with van der Waals surface area (Å²) in [5, 5.41) is 12.7. The molecule has 3 heteroatoms. The summed E-state index contributed by atoms with van der Waals surface area (Å²) in [7, 11) is 0. The Hall–Kier alpha value is -3.25. The number of hydrogen-bond acceptors (Lipinski definition) is 3. The van der Waals surface area contributed by atoms with Crippen LogP contribution in [0.3, 0.4) is 0 Å². The first kappa shape index (κ1) is 13.7. The molecule has 0 fully saturated rings. The fourth-order valence-corrected chi connectivity index (χ4v) is 2.13. The van der Waals surface area contributed by atoms with Gasteiger partial charge in [0.1, 0.15) is 23.1 Å². The number of anilines is 2. The Balaban J connectivity index is 1.92. The van der Waals surface area contributed by atoms with Crippen LogP contribution in [0.4, 0.5) is 11.4 Å². The molecule has 3 aromatic rings. The van der Waals surface area contributed by atoms with Gasteiger partial charge >= 0.3 is 0 Å². The molecular weight excluding hydrogens is 272 g/mol. The maximum absolute atomic E-state index is 9.49. The van der Waals surface area contributed by atoms with Crippen LogP contribution in [0, 0.1) is 11.3 Å². The molecule has 106 valence electrons. The van der Waals surface area contributed by atoms with Gasteiger partial charge in [0.2, 0.25) is 0 Å². The van der Waals surface area contributed by atoms with Gasteiger partial charge in [-0.05, 0) is 36.4 Å². The summed E-state index contributed by atoms with van der Waals surface area (Å²) in [6, 6.07) is 26.9. The van der Waals surface area contributed by atoms with Crippen molar-refractivity contribution >= 4 is 11.4 Å². The second kappa shape index (κ2) is 6.47. The van der Waals surface area contributed by atoms with Crippen molar-refractivity contribution in [1.82, 2.24) is 0 Å². The standard InChI is InChI=1S/C19H14N2O/c20-14-17-18(21-15-8-3-1-4-9-15)12-7-13-19(17)22-16-10-5-2-6-11-16/h1-13,21H. The number of rotatable bonds is 4. The van der Waals surface area contributed by atoms with Crippen LogP contribution in [0.5, 0.6) is 11.5 Å². The van der Waals surface area contributed by atoms with Gasteiger partial charge in [-0.2, -0.15) is 5.26 Å². The number of ether oxygens (including phenoxy) is 1. The summed E-state index contributed by atoms with van der Waals surface area (Å²) < 4.78 is 5.82. The normalized spacial score (nSPS) is 9.77. The molecule has 0 radical (unpaired) electrons. The molecule has 0 amide bonds. The Morgan fingerprint density at radius 2 is 1.45 bits per heavy atom. The molecule has 0 spiro atoms. The summed E-state index contributed by atoms with van der Waals surface area (Å²) in [5.74, 6) is 1.24. The molecule has 0 aromatic heterocycles. The zero-order valence-corrected chi connectivity index (χ0v) is 11.9. The van der Waals surface area contributed by atoms with E-state index in [-0.39, 0.29) is 0 Å². The summed E-state index contributed by atoms with van der Waals surface area (Å²) in [5.41, 5.74) is 2.13. The number of nitrogens with one attached hydrogen (secondary N) is 1. The number of hydrogen-bond donors (Lipinski definition) is 1. The lowest BCUT2D eigenvalue weighted by Gasteiger charge is -2.12. The average Bonchev–Trinajstić information content (AvgIpc) is 2.57. The Bertz CT molecular complexity index is 733. The molecule has 3 nitrogen and oxygen atoms in total. The molecular formula is C19H14N2O. The maximum Gasteiger partial charge on any atom is 0.147 e. The molecule has 0 atom stereocenters. The number of nitriles is 1. The zero-order chi connectivity index (χ0) is 15.2. The van der Waals surface area contributed by atoms with E-state index in [9.17, 15) is 5.26 Å². The lowest BCUT2D eigenvalue weighted by molar-refractivity contribution is 0.481. The van der Waals surface area contributed by atoms with Crippen LogP contribution in [0.2, 0.25) is 0 Å². The van der Waals surface area contributed by atoms with Gasteiger partial charge in [0, 0.05) is 5.69 Å². The molecule has 0 saturated carbocycles. The fraction of sp³-hybridized carbons (Fsp3) is 0. The third kappa shape index (κ3) is 3.08. The third-order valence-corrected chi connectivity index (χ3v) is 3.16. The minimum Gasteiger partial charge on any atom is -0.456 e. The molecule has 1 N–H and O–H groups in total. The largest absolute Gasteiger partial charge is 0.456 e. The lowest BCUT2D eigenvalue weighted by Crippen LogP contribution is -1.96. The molecule has 0 bridgehead atoms. The van der Waals surface area contributed by atoms with E-state index in [2.05, 4.69) is 11.4 Å². The van der Waals surface area contributed by atoms with Gasteiger partial charge < -0.3 is 10.1 Å². The Labute approximate surface area is 129 Å². The fourth-order valence-electron chi connectivity index (χ4n) is 2.13. The van der Waals surface area contributed by atoms with Crippen molar-refractivity contribution in [2.24, 2.45) is 0 Å². The van der Waals surface area contributed by atoms with Gasteiger partial charge in [0.05, 0.1) is 5.69 Å². The van der Waals surface area contributed by atoms with Crippen molar-refractivity contribution in [2.75, 3.05) is 5.32 Å². The third-order valence-electron chi connectivity index (χ3n) is 3.16. The molecule has 0 saturated heterocycles. The van der Waals surface area contributed by atoms with Gasteiger partial charge in [0.15, 0.2) is 0 Å². The van der Waals surface area contributed by atoms with E-state index in [1.807, 2.05) is 72.8 Å². The van der Waals surface area contributed by atoms with E-state index >= 15 is 0 Å². The van der Waals surface area contributed by atoms with Crippen LogP contribution in [-0.4, -0.2) is 0 Å². The van der Waals surface area contributed by atoms with E-state index in [4.69, 9.17) is 4.74 Å². The van der Waals surface area contributed by atoms with Crippen molar-refractivity contribution in [3.05, 3.63) is 84.4 Å². The predicted molar refractivity (Wildman–Crippen MR) is 87.4 cm³/mol. The van der Waals surface area contributed by atoms with E-state index in [0.717, 1.165) is 11.4 Å². The second-order valence-corrected chi connectivity index (χ2v) is 4.70. The Morgan fingerprint density at radius 3 is 2.14 bits per heavy atom. The number of para-hydroxylation sites is 2. The van der Waals surface area contributed by atoms with Crippen molar-refractivity contribution in [1.29, 1.82) is 5.26 Å². The predicted octanol–water partition coefficient (Wildman–Crippen LogP) is 5.09. The summed E-state index contributed by atoms with van der Waals surface area (Å²) in [6.45, 7) is 0. The van der Waals surface area contributed by atoms with E-state index in [0.29, 0.717) is 17.1 Å². The highest BCUT2D eigenvalue weighted by molar-refractivity contribution is 5.70. The van der Waals surface area contributed by atoms with E-state index < -0.39 is 0 Å². The summed E-state index contributed by atoms with van der Waals surface area (Å²) in [4.78, 5) is 0. The molecule has 0 aliphatic rings. The minimum atomic E-state index is 0.482. The van der Waals surface area contributed by atoms with Gasteiger partial charge in [-0.1, -0.05) is 42.5 Å². The maximum atomic E-state index is 9.49. The summed E-state index contributed by atoms with van der Waals surface area (Å²) in [6.07, 6.45) is 0. The SMILES string of the molecule is N#Cc1c(Nc2ccccc2)cccc1Oc1ccccc1. The Morgan fingerprint density at radius 1 is 0.773 bits per heavy atom. The number of nitrogens with zero attached hydrogens (tertiary/aromatic N) is 1. The van der Waals surface area contributed by atoms with Gasteiger partial charge in [-0.25, -0.2) is 0 Å². The minimum absolute atomic E-state index is 0.482. The van der Waals surface area contributed by atoms with Crippen LogP contribution in [0.1, 0.15) is 5.56 Å². The summed E-state index contributed by atoms with van der Waals surface area (Å²) >= 11 is 0. The van der Waals surface area contributed by atoms with Gasteiger partial charge in [0.25, 0.3) is 0 Å². The quantitative estimate of drug-likeness (QED) is 0.726. The van der Waals surface area contributed by atoms with Gasteiger partial charge in [-0.15, -0.1) is 0 Å². The monoisotopic (exact) mass is 286 g/mol. The smallest absolute Gasteiger partial charge is 0.147 e. The molecule has 0 aliphatic carbocycles. The first-order valence-electron chi connectivity index (χ1n) is 6.95. The number of benzene rings is 3. The molecule has 3 aromatic carbocycles. The van der Waals surface area contributed by atoms with Crippen molar-refractivity contribution in [2.45, 2.75) is 0 Å². The van der Waals surface area contributed by atoms with E-state index in [1.54, 1.807) is 6.07 Å². The van der Waals surface area contributed by atoms with Crippen LogP contribution < -0.4 is 10.1 Å². The highest BCUT2D eigenvalue weighted by Crippen LogP contribution is 2.31. The van der Waals surface area contributed by atoms with Crippen LogP contribution in [0.25, 0.3) is 0 Å². The molecule has 0 unspecified atom stereocenters. The average molecular weight is 286 g/mol. The van der Waals surface area contributed by atoms with E-state index in [1.165, 1.54) is 0 Å². The first-order valence-corrected chi connectivity index (χ1v) is 6.95. The van der Waals surface area contributed by atoms with Crippen molar-refractivity contribution in [3.63, 3.8) is 0 Å². The molecule has 3 rings (SSSR count). The zero-order valence-electron chi connectivity index (χ0n) is 11.9. The van der Waals surface area contributed by atoms with Crippen LogP contribution >= 0.6 is 0 Å². The second-order valence-electron chi connectivity index (χ2n) is 4.70. The van der Waals surface area contributed by atoms with Gasteiger partial charge in [-0.3, -0.25) is 0 Å². The van der Waals surface area contributed by atoms with Crippen LogP contribution in [0.15, 0.2) is 78.9 Å². The topological polar surface area (TPSA) is 45.0 Å². The highest BCUT2D eigenvalue weighted by atomic mass is 16.5. The Kier molecular flexibility index (Phi) is 4.03. The first-order chi connectivity index (χ1) is 10.9. The van der Waals surface area contributed by atoms with Crippen molar-refractivity contribution < 1.29 is 4.74 Å². The van der Waals surface area contributed by atoms with Crippen LogP contribution in [-0.2, 0) is 0 Å².